The average molecular weight is 284 g/mol. The van der Waals surface area contributed by atoms with Crippen LogP contribution in [0.5, 0.6) is 0 Å². The summed E-state index contributed by atoms with van der Waals surface area (Å²) in [4.78, 5) is 4.13. The third-order valence-electron chi connectivity index (χ3n) is 2.97. The number of hydrogen-bond donors (Lipinski definition) is 1. The maximum absolute atomic E-state index is 12.7. The van der Waals surface area contributed by atoms with Crippen molar-refractivity contribution in [1.82, 2.24) is 14.8 Å². The van der Waals surface area contributed by atoms with Crippen LogP contribution in [0, 0.1) is 13.8 Å². The monoisotopic (exact) mass is 284 g/mol. The number of hydrogen-bond acceptors (Lipinski definition) is 3. The number of halogens is 3. The molecule has 2 rings (SSSR count). The van der Waals surface area contributed by atoms with Gasteiger partial charge in [-0.2, -0.15) is 18.3 Å². The largest absolute Gasteiger partial charge is 0.416 e. The Bertz CT molecular complexity index is 604. The van der Waals surface area contributed by atoms with E-state index < -0.39 is 17.8 Å². The van der Waals surface area contributed by atoms with Gasteiger partial charge in [-0.05, 0) is 31.5 Å². The van der Waals surface area contributed by atoms with Crippen LogP contribution >= 0.6 is 0 Å². The molecular formula is C13H15F3N4. The average Bonchev–Trinajstić information content (AvgIpc) is 2.67. The second-order valence-corrected chi connectivity index (χ2v) is 4.62. The number of benzene rings is 1. The van der Waals surface area contributed by atoms with Gasteiger partial charge >= 0.3 is 6.18 Å². The Morgan fingerprint density at radius 1 is 1.30 bits per heavy atom. The van der Waals surface area contributed by atoms with Crippen LogP contribution in [0.2, 0.25) is 0 Å². The van der Waals surface area contributed by atoms with Crippen LogP contribution in [0.4, 0.5) is 13.2 Å². The summed E-state index contributed by atoms with van der Waals surface area (Å²) in [6.45, 7) is 3.81. The lowest BCUT2D eigenvalue weighted by atomic mass is 10.0. The Hall–Kier alpha value is -1.89. The fraction of sp³-hybridized carbons (Fsp3) is 0.385. The Morgan fingerprint density at radius 3 is 2.55 bits per heavy atom. The first kappa shape index (κ1) is 14.5. The maximum Gasteiger partial charge on any atom is 0.416 e. The van der Waals surface area contributed by atoms with Gasteiger partial charge in [-0.15, -0.1) is 0 Å². The second-order valence-electron chi connectivity index (χ2n) is 4.62. The van der Waals surface area contributed by atoms with Gasteiger partial charge < -0.3 is 5.73 Å². The normalized spacial score (nSPS) is 13.5. The number of nitrogens with zero attached hydrogens (tertiary/aromatic N) is 3. The summed E-state index contributed by atoms with van der Waals surface area (Å²) in [6, 6.07) is 4.47. The molecule has 0 aliphatic carbocycles. The standard InChI is InChI=1S/C13H15F3N4/c1-8-18-9(2)20(19-8)7-12(17)10-4-3-5-11(6-10)13(14,15)16/h3-6,12H,7,17H2,1-2H3. The molecule has 7 heteroatoms. The lowest BCUT2D eigenvalue weighted by Gasteiger charge is -2.15. The van der Waals surface area contributed by atoms with Gasteiger partial charge in [-0.3, -0.25) is 0 Å². The van der Waals surface area contributed by atoms with Crippen molar-refractivity contribution in [3.05, 3.63) is 47.0 Å². The van der Waals surface area contributed by atoms with E-state index in [1.807, 2.05) is 0 Å². The van der Waals surface area contributed by atoms with Gasteiger partial charge in [-0.25, -0.2) is 9.67 Å². The van der Waals surface area contributed by atoms with E-state index in [0.717, 1.165) is 12.1 Å². The van der Waals surface area contributed by atoms with Crippen molar-refractivity contribution in [3.63, 3.8) is 0 Å². The topological polar surface area (TPSA) is 56.7 Å². The zero-order valence-electron chi connectivity index (χ0n) is 11.1. The van der Waals surface area contributed by atoms with Crippen LogP contribution in [0.1, 0.15) is 28.8 Å². The molecule has 4 nitrogen and oxygen atoms in total. The van der Waals surface area contributed by atoms with Crippen molar-refractivity contribution >= 4 is 0 Å². The summed E-state index contributed by atoms with van der Waals surface area (Å²) in [7, 11) is 0. The van der Waals surface area contributed by atoms with E-state index in [2.05, 4.69) is 10.1 Å². The molecule has 108 valence electrons. The van der Waals surface area contributed by atoms with Crippen molar-refractivity contribution in [1.29, 1.82) is 0 Å². The molecule has 2 N–H and O–H groups in total. The Labute approximate surface area is 114 Å². The Balaban J connectivity index is 2.21. The first-order valence-corrected chi connectivity index (χ1v) is 6.08. The van der Waals surface area contributed by atoms with Crippen LogP contribution in [0.3, 0.4) is 0 Å². The Morgan fingerprint density at radius 2 is 2.00 bits per heavy atom. The zero-order chi connectivity index (χ0) is 14.9. The maximum atomic E-state index is 12.7. The quantitative estimate of drug-likeness (QED) is 0.942. The van der Waals surface area contributed by atoms with E-state index in [0.29, 0.717) is 17.2 Å². The van der Waals surface area contributed by atoms with Crippen molar-refractivity contribution in [2.24, 2.45) is 5.73 Å². The van der Waals surface area contributed by atoms with Gasteiger partial charge in [0.25, 0.3) is 0 Å². The second kappa shape index (κ2) is 5.24. The number of aromatic nitrogens is 3. The minimum atomic E-state index is -4.37. The molecule has 1 heterocycles. The van der Waals surface area contributed by atoms with E-state index >= 15 is 0 Å². The molecule has 2 aromatic rings. The summed E-state index contributed by atoms with van der Waals surface area (Å²) < 4.78 is 39.6. The van der Waals surface area contributed by atoms with Crippen LogP contribution < -0.4 is 5.73 Å². The molecule has 0 saturated heterocycles. The number of aryl methyl sites for hydroxylation is 2. The van der Waals surface area contributed by atoms with Crippen LogP contribution in [0.15, 0.2) is 24.3 Å². The predicted molar refractivity (Wildman–Crippen MR) is 67.9 cm³/mol. The van der Waals surface area contributed by atoms with Crippen molar-refractivity contribution in [2.75, 3.05) is 0 Å². The summed E-state index contributed by atoms with van der Waals surface area (Å²) in [5.74, 6) is 1.30. The highest BCUT2D eigenvalue weighted by Gasteiger charge is 2.30. The van der Waals surface area contributed by atoms with E-state index in [1.165, 1.54) is 6.07 Å². The molecule has 0 aliphatic rings. The molecule has 1 aromatic carbocycles. The SMILES string of the molecule is Cc1nc(C)n(CC(N)c2cccc(C(F)(F)F)c2)n1. The lowest BCUT2D eigenvalue weighted by Crippen LogP contribution is -2.20. The smallest absolute Gasteiger partial charge is 0.322 e. The highest BCUT2D eigenvalue weighted by Crippen LogP contribution is 2.30. The summed E-state index contributed by atoms with van der Waals surface area (Å²) in [5.41, 5.74) is 5.69. The molecule has 1 aromatic heterocycles. The molecule has 20 heavy (non-hydrogen) atoms. The van der Waals surface area contributed by atoms with E-state index in [9.17, 15) is 13.2 Å². The molecule has 0 radical (unpaired) electrons. The molecule has 0 spiro atoms. The third-order valence-corrected chi connectivity index (χ3v) is 2.97. The first-order chi connectivity index (χ1) is 9.27. The van der Waals surface area contributed by atoms with Gasteiger partial charge in [0.1, 0.15) is 11.6 Å². The minimum absolute atomic E-state index is 0.286. The molecule has 0 fully saturated rings. The predicted octanol–water partition coefficient (Wildman–Crippen LogP) is 2.61. The fourth-order valence-corrected chi connectivity index (χ4v) is 1.97. The van der Waals surface area contributed by atoms with Gasteiger partial charge in [0.05, 0.1) is 12.1 Å². The molecule has 0 bridgehead atoms. The minimum Gasteiger partial charge on any atom is -0.322 e. The highest BCUT2D eigenvalue weighted by molar-refractivity contribution is 5.27. The van der Waals surface area contributed by atoms with Crippen LogP contribution in [0.25, 0.3) is 0 Å². The number of rotatable bonds is 3. The third kappa shape index (κ3) is 3.16. The highest BCUT2D eigenvalue weighted by atomic mass is 19.4. The molecule has 0 saturated carbocycles. The van der Waals surface area contributed by atoms with Crippen molar-refractivity contribution < 1.29 is 13.2 Å². The van der Waals surface area contributed by atoms with E-state index in [-0.39, 0.29) is 6.54 Å². The molecule has 0 aliphatic heterocycles. The van der Waals surface area contributed by atoms with Gasteiger partial charge in [-0.1, -0.05) is 12.1 Å². The molecule has 0 amide bonds. The molecule has 1 atom stereocenters. The van der Waals surface area contributed by atoms with Gasteiger partial charge in [0, 0.05) is 6.04 Å². The van der Waals surface area contributed by atoms with Crippen LogP contribution in [-0.4, -0.2) is 14.8 Å². The molecule has 1 unspecified atom stereocenters. The number of nitrogens with two attached hydrogens (primary N) is 1. The van der Waals surface area contributed by atoms with Crippen molar-refractivity contribution in [3.8, 4) is 0 Å². The van der Waals surface area contributed by atoms with E-state index in [4.69, 9.17) is 5.73 Å². The van der Waals surface area contributed by atoms with Gasteiger partial charge in [0.15, 0.2) is 0 Å². The van der Waals surface area contributed by atoms with Crippen molar-refractivity contribution in [2.45, 2.75) is 32.6 Å². The summed E-state index contributed by atoms with van der Waals surface area (Å²) >= 11 is 0. The van der Waals surface area contributed by atoms with Gasteiger partial charge in [0.2, 0.25) is 0 Å². The lowest BCUT2D eigenvalue weighted by molar-refractivity contribution is -0.137. The summed E-state index contributed by atoms with van der Waals surface area (Å²) in [5, 5.41) is 4.15. The fourth-order valence-electron chi connectivity index (χ4n) is 1.97. The summed E-state index contributed by atoms with van der Waals surface area (Å²) in [6.07, 6.45) is -4.37. The Kier molecular flexibility index (Phi) is 3.80. The number of alkyl halides is 3. The zero-order valence-corrected chi connectivity index (χ0v) is 11.1. The van der Waals surface area contributed by atoms with E-state index in [1.54, 1.807) is 24.6 Å². The van der Waals surface area contributed by atoms with Crippen LogP contribution in [-0.2, 0) is 12.7 Å². The molecular weight excluding hydrogens is 269 g/mol. The first-order valence-electron chi connectivity index (χ1n) is 6.08.